The molecule has 1 atom stereocenters. The standard InChI is InChI=1S/C17H25NO/c1-13(11-12-18)17(19)16-9-7-15(8-10-16)14-5-3-2-4-6-14/h7-10,13-14H,2-6,11-12,18H2,1H3. The molecule has 0 spiro atoms. The van der Waals surface area contributed by atoms with Gasteiger partial charge in [0.05, 0.1) is 0 Å². The molecule has 2 rings (SSSR count). The molecule has 0 heterocycles. The van der Waals surface area contributed by atoms with E-state index in [1.807, 2.05) is 19.1 Å². The minimum absolute atomic E-state index is 0.0329. The van der Waals surface area contributed by atoms with Crippen LogP contribution in [0.25, 0.3) is 0 Å². The number of hydrogen-bond donors (Lipinski definition) is 1. The number of rotatable bonds is 5. The second-order valence-corrected chi connectivity index (χ2v) is 5.80. The molecule has 1 aliphatic carbocycles. The van der Waals surface area contributed by atoms with Gasteiger partial charge in [-0.05, 0) is 37.3 Å². The Balaban J connectivity index is 2.03. The smallest absolute Gasteiger partial charge is 0.165 e. The Morgan fingerprint density at radius 3 is 2.42 bits per heavy atom. The van der Waals surface area contributed by atoms with Gasteiger partial charge in [0.1, 0.15) is 0 Å². The predicted molar refractivity (Wildman–Crippen MR) is 79.4 cm³/mol. The monoisotopic (exact) mass is 259 g/mol. The Morgan fingerprint density at radius 2 is 1.84 bits per heavy atom. The third-order valence-electron chi connectivity index (χ3n) is 4.32. The van der Waals surface area contributed by atoms with Crippen LogP contribution in [0.1, 0.15) is 67.3 Å². The summed E-state index contributed by atoms with van der Waals surface area (Å²) in [5.74, 6) is 0.963. The third-order valence-corrected chi connectivity index (χ3v) is 4.32. The van der Waals surface area contributed by atoms with Gasteiger partial charge in [0, 0.05) is 11.5 Å². The van der Waals surface area contributed by atoms with E-state index in [1.54, 1.807) is 0 Å². The van der Waals surface area contributed by atoms with Gasteiger partial charge in [0.25, 0.3) is 0 Å². The second kappa shape index (κ2) is 6.85. The summed E-state index contributed by atoms with van der Waals surface area (Å²) < 4.78 is 0. The molecule has 1 saturated carbocycles. The molecule has 0 saturated heterocycles. The van der Waals surface area contributed by atoms with E-state index >= 15 is 0 Å². The molecule has 2 nitrogen and oxygen atoms in total. The summed E-state index contributed by atoms with van der Waals surface area (Å²) in [5, 5.41) is 0. The van der Waals surface area contributed by atoms with Crippen molar-refractivity contribution >= 4 is 5.78 Å². The van der Waals surface area contributed by atoms with Gasteiger partial charge in [-0.2, -0.15) is 0 Å². The SMILES string of the molecule is CC(CCN)C(=O)c1ccc(C2CCCCC2)cc1. The Kier molecular flexibility index (Phi) is 5.15. The average Bonchev–Trinajstić information content (AvgIpc) is 2.48. The molecule has 0 aliphatic heterocycles. The first-order chi connectivity index (χ1) is 9.22. The fourth-order valence-electron chi connectivity index (χ4n) is 3.02. The molecular formula is C17H25NO. The fourth-order valence-corrected chi connectivity index (χ4v) is 3.02. The first-order valence-corrected chi connectivity index (χ1v) is 7.56. The molecule has 1 aliphatic rings. The van der Waals surface area contributed by atoms with Gasteiger partial charge in [-0.3, -0.25) is 4.79 Å². The zero-order valence-electron chi connectivity index (χ0n) is 11.9. The number of carbonyl (C=O) groups excluding carboxylic acids is 1. The van der Waals surface area contributed by atoms with Crippen molar-refractivity contribution in [3.8, 4) is 0 Å². The van der Waals surface area contributed by atoms with Gasteiger partial charge in [-0.1, -0.05) is 50.5 Å². The van der Waals surface area contributed by atoms with Gasteiger partial charge < -0.3 is 5.73 Å². The molecular weight excluding hydrogens is 234 g/mol. The summed E-state index contributed by atoms with van der Waals surface area (Å²) in [6.45, 7) is 2.54. The lowest BCUT2D eigenvalue weighted by Crippen LogP contribution is -2.15. The predicted octanol–water partition coefficient (Wildman–Crippen LogP) is 3.90. The summed E-state index contributed by atoms with van der Waals surface area (Å²) >= 11 is 0. The van der Waals surface area contributed by atoms with E-state index in [0.29, 0.717) is 12.5 Å². The maximum absolute atomic E-state index is 12.2. The van der Waals surface area contributed by atoms with Crippen molar-refractivity contribution in [2.24, 2.45) is 11.7 Å². The van der Waals surface area contributed by atoms with Crippen molar-refractivity contribution in [1.29, 1.82) is 0 Å². The van der Waals surface area contributed by atoms with Gasteiger partial charge in [0.2, 0.25) is 0 Å². The van der Waals surface area contributed by atoms with Crippen LogP contribution in [0, 0.1) is 5.92 Å². The van der Waals surface area contributed by atoms with Crippen molar-refractivity contribution < 1.29 is 4.79 Å². The van der Waals surface area contributed by atoms with Gasteiger partial charge >= 0.3 is 0 Å². The molecule has 104 valence electrons. The lowest BCUT2D eigenvalue weighted by atomic mass is 9.83. The molecule has 1 unspecified atom stereocenters. The number of benzene rings is 1. The second-order valence-electron chi connectivity index (χ2n) is 5.80. The zero-order valence-corrected chi connectivity index (χ0v) is 11.9. The summed E-state index contributed by atoms with van der Waals surface area (Å²) in [5.41, 5.74) is 7.75. The molecule has 0 bridgehead atoms. The maximum atomic E-state index is 12.2. The molecule has 0 amide bonds. The van der Waals surface area contributed by atoms with Crippen LogP contribution < -0.4 is 5.73 Å². The first-order valence-electron chi connectivity index (χ1n) is 7.56. The van der Waals surface area contributed by atoms with Crippen molar-refractivity contribution in [3.63, 3.8) is 0 Å². The van der Waals surface area contributed by atoms with Crippen molar-refractivity contribution in [2.45, 2.75) is 51.4 Å². The molecule has 0 radical (unpaired) electrons. The first kappa shape index (κ1) is 14.3. The van der Waals surface area contributed by atoms with Crippen molar-refractivity contribution in [2.75, 3.05) is 6.54 Å². The van der Waals surface area contributed by atoms with Crippen LogP contribution in [0.2, 0.25) is 0 Å². The number of carbonyl (C=O) groups is 1. The van der Waals surface area contributed by atoms with Crippen LogP contribution in [0.3, 0.4) is 0 Å². The Morgan fingerprint density at radius 1 is 1.21 bits per heavy atom. The van der Waals surface area contributed by atoms with Crippen molar-refractivity contribution in [1.82, 2.24) is 0 Å². The Hall–Kier alpha value is -1.15. The van der Waals surface area contributed by atoms with E-state index in [2.05, 4.69) is 12.1 Å². The largest absolute Gasteiger partial charge is 0.330 e. The number of hydrogen-bond acceptors (Lipinski definition) is 2. The van der Waals surface area contributed by atoms with Gasteiger partial charge in [-0.25, -0.2) is 0 Å². The van der Waals surface area contributed by atoms with Gasteiger partial charge in [0.15, 0.2) is 5.78 Å². The van der Waals surface area contributed by atoms with Gasteiger partial charge in [-0.15, -0.1) is 0 Å². The van der Waals surface area contributed by atoms with E-state index < -0.39 is 0 Å². The van der Waals surface area contributed by atoms with Crippen molar-refractivity contribution in [3.05, 3.63) is 35.4 Å². The summed E-state index contributed by atoms with van der Waals surface area (Å²) in [6, 6.07) is 8.30. The topological polar surface area (TPSA) is 43.1 Å². The molecule has 1 aromatic carbocycles. The fraction of sp³-hybridized carbons (Fsp3) is 0.588. The van der Waals surface area contributed by atoms with E-state index in [-0.39, 0.29) is 11.7 Å². The number of ketones is 1. The molecule has 2 N–H and O–H groups in total. The zero-order chi connectivity index (χ0) is 13.7. The lowest BCUT2D eigenvalue weighted by molar-refractivity contribution is 0.0925. The normalized spacial score (nSPS) is 18.2. The minimum Gasteiger partial charge on any atom is -0.330 e. The molecule has 2 heteroatoms. The third kappa shape index (κ3) is 3.66. The van der Waals surface area contributed by atoms with Crippen LogP contribution in [0.4, 0.5) is 0 Å². The average molecular weight is 259 g/mol. The highest BCUT2D eigenvalue weighted by molar-refractivity contribution is 5.97. The quantitative estimate of drug-likeness (QED) is 0.815. The van der Waals surface area contributed by atoms with E-state index in [9.17, 15) is 4.79 Å². The Labute approximate surface area is 116 Å². The number of nitrogens with two attached hydrogens (primary N) is 1. The minimum atomic E-state index is 0.0329. The van der Waals surface area contributed by atoms with Crippen LogP contribution in [0.5, 0.6) is 0 Å². The maximum Gasteiger partial charge on any atom is 0.165 e. The highest BCUT2D eigenvalue weighted by Gasteiger charge is 2.17. The van der Waals surface area contributed by atoms with Crippen LogP contribution in [-0.4, -0.2) is 12.3 Å². The summed E-state index contributed by atoms with van der Waals surface area (Å²) in [4.78, 5) is 12.2. The molecule has 19 heavy (non-hydrogen) atoms. The van der Waals surface area contributed by atoms with Crippen LogP contribution in [-0.2, 0) is 0 Å². The van der Waals surface area contributed by atoms with Crippen LogP contribution >= 0.6 is 0 Å². The Bertz CT molecular complexity index is 404. The molecule has 0 aromatic heterocycles. The van der Waals surface area contributed by atoms with Crippen LogP contribution in [0.15, 0.2) is 24.3 Å². The summed E-state index contributed by atoms with van der Waals surface area (Å²) in [7, 11) is 0. The van der Waals surface area contributed by atoms with E-state index in [1.165, 1.54) is 37.7 Å². The number of Topliss-reactive ketones (excluding diaryl/α,β-unsaturated/α-hetero) is 1. The molecule has 1 aromatic rings. The molecule has 1 fully saturated rings. The highest BCUT2D eigenvalue weighted by atomic mass is 16.1. The summed E-state index contributed by atoms with van der Waals surface area (Å²) in [6.07, 6.45) is 7.44. The van der Waals surface area contributed by atoms with E-state index in [0.717, 1.165) is 12.0 Å². The lowest BCUT2D eigenvalue weighted by Gasteiger charge is -2.22. The highest BCUT2D eigenvalue weighted by Crippen LogP contribution is 2.32. The van der Waals surface area contributed by atoms with E-state index in [4.69, 9.17) is 5.73 Å².